The van der Waals surface area contributed by atoms with Gasteiger partial charge < -0.3 is 14.8 Å². The molecule has 0 atom stereocenters. The Morgan fingerprint density at radius 1 is 1.33 bits per heavy atom. The molecule has 84 valence electrons. The van der Waals surface area contributed by atoms with E-state index in [1.54, 1.807) is 20.4 Å². The Morgan fingerprint density at radius 2 is 2.20 bits per heavy atom. The molecule has 0 aromatic carbocycles. The summed E-state index contributed by atoms with van der Waals surface area (Å²) in [4.78, 5) is 4.03. The van der Waals surface area contributed by atoms with E-state index >= 15 is 0 Å². The van der Waals surface area contributed by atoms with Gasteiger partial charge >= 0.3 is 0 Å². The predicted molar refractivity (Wildman–Crippen MR) is 60.4 cm³/mol. The van der Waals surface area contributed by atoms with Crippen molar-refractivity contribution in [2.24, 2.45) is 0 Å². The number of nitrogens with one attached hydrogen (secondary N) is 1. The molecule has 0 saturated heterocycles. The summed E-state index contributed by atoms with van der Waals surface area (Å²) in [5.41, 5.74) is 1.04. The van der Waals surface area contributed by atoms with Gasteiger partial charge in [-0.25, -0.2) is 4.98 Å². The van der Waals surface area contributed by atoms with Gasteiger partial charge in [0.05, 0.1) is 7.11 Å². The number of nitrogens with zero attached hydrogens (tertiary/aromatic N) is 1. The van der Waals surface area contributed by atoms with Crippen molar-refractivity contribution in [3.05, 3.63) is 18.3 Å². The highest BCUT2D eigenvalue weighted by Gasteiger charge is 1.95. The maximum absolute atomic E-state index is 5.03. The Labute approximate surface area is 90.6 Å². The second-order valence-corrected chi connectivity index (χ2v) is 3.21. The second-order valence-electron chi connectivity index (χ2n) is 3.21. The van der Waals surface area contributed by atoms with E-state index in [4.69, 9.17) is 9.47 Å². The highest BCUT2D eigenvalue weighted by molar-refractivity contribution is 5.44. The number of rotatable bonds is 7. The van der Waals surface area contributed by atoms with E-state index in [1.807, 2.05) is 12.1 Å². The smallest absolute Gasteiger partial charge is 0.214 e. The number of methoxy groups -OCH3 is 2. The summed E-state index contributed by atoms with van der Waals surface area (Å²) in [7, 11) is 3.34. The average Bonchev–Trinajstić information content (AvgIpc) is 2.29. The Hall–Kier alpha value is -1.29. The van der Waals surface area contributed by atoms with Crippen LogP contribution in [0.1, 0.15) is 12.8 Å². The number of pyridine rings is 1. The van der Waals surface area contributed by atoms with Gasteiger partial charge in [-0.3, -0.25) is 0 Å². The van der Waals surface area contributed by atoms with Crippen LogP contribution < -0.4 is 10.1 Å². The zero-order valence-corrected chi connectivity index (χ0v) is 9.32. The molecular weight excluding hydrogens is 192 g/mol. The summed E-state index contributed by atoms with van der Waals surface area (Å²) in [5.74, 6) is 0.636. The van der Waals surface area contributed by atoms with Crippen molar-refractivity contribution in [1.82, 2.24) is 4.98 Å². The molecule has 1 aromatic heterocycles. The molecule has 0 aliphatic heterocycles. The monoisotopic (exact) mass is 210 g/mol. The lowest BCUT2D eigenvalue weighted by molar-refractivity contribution is 0.194. The third kappa shape index (κ3) is 4.65. The maximum Gasteiger partial charge on any atom is 0.214 e. The van der Waals surface area contributed by atoms with E-state index < -0.39 is 0 Å². The minimum absolute atomic E-state index is 0.636. The molecule has 0 aliphatic carbocycles. The number of hydrogen-bond acceptors (Lipinski definition) is 4. The number of aromatic nitrogens is 1. The standard InChI is InChI=1S/C11H18N2O2/c1-14-8-4-3-6-12-10-5-7-13-11(9-10)15-2/h5,7,9H,3-4,6,8H2,1-2H3,(H,12,13). The fraction of sp³-hybridized carbons (Fsp3) is 0.545. The molecular formula is C11H18N2O2. The van der Waals surface area contributed by atoms with Crippen LogP contribution in [0.5, 0.6) is 5.88 Å². The molecule has 0 radical (unpaired) electrons. The van der Waals surface area contributed by atoms with Crippen LogP contribution in [0, 0.1) is 0 Å². The quantitative estimate of drug-likeness (QED) is 0.698. The van der Waals surface area contributed by atoms with Crippen molar-refractivity contribution < 1.29 is 9.47 Å². The molecule has 4 nitrogen and oxygen atoms in total. The second kappa shape index (κ2) is 7.06. The highest BCUT2D eigenvalue weighted by Crippen LogP contribution is 2.13. The fourth-order valence-electron chi connectivity index (χ4n) is 1.24. The van der Waals surface area contributed by atoms with Crippen LogP contribution in [0.4, 0.5) is 5.69 Å². The molecule has 0 fully saturated rings. The zero-order chi connectivity index (χ0) is 10.9. The normalized spacial score (nSPS) is 10.0. The zero-order valence-electron chi connectivity index (χ0n) is 9.32. The van der Waals surface area contributed by atoms with Gasteiger partial charge in [0.2, 0.25) is 5.88 Å². The van der Waals surface area contributed by atoms with Gasteiger partial charge in [0.15, 0.2) is 0 Å². The number of hydrogen-bond donors (Lipinski definition) is 1. The number of ether oxygens (including phenoxy) is 2. The molecule has 1 rings (SSSR count). The average molecular weight is 210 g/mol. The highest BCUT2D eigenvalue weighted by atomic mass is 16.5. The fourth-order valence-corrected chi connectivity index (χ4v) is 1.24. The summed E-state index contributed by atoms with van der Waals surface area (Å²) < 4.78 is 10.0. The summed E-state index contributed by atoms with van der Waals surface area (Å²) in [6.45, 7) is 1.76. The molecule has 15 heavy (non-hydrogen) atoms. The Bertz CT molecular complexity index is 279. The van der Waals surface area contributed by atoms with Gasteiger partial charge in [-0.1, -0.05) is 0 Å². The van der Waals surface area contributed by atoms with Crippen molar-refractivity contribution in [3.63, 3.8) is 0 Å². The molecule has 0 amide bonds. The third-order valence-electron chi connectivity index (χ3n) is 2.05. The Balaban J connectivity index is 2.24. The van der Waals surface area contributed by atoms with Crippen LogP contribution in [0.3, 0.4) is 0 Å². The first-order chi connectivity index (χ1) is 7.36. The summed E-state index contributed by atoms with van der Waals surface area (Å²) >= 11 is 0. The van der Waals surface area contributed by atoms with Gasteiger partial charge in [-0.15, -0.1) is 0 Å². The molecule has 1 aromatic rings. The van der Waals surface area contributed by atoms with E-state index in [0.717, 1.165) is 31.7 Å². The largest absolute Gasteiger partial charge is 0.481 e. The van der Waals surface area contributed by atoms with Crippen LogP contribution in [-0.2, 0) is 4.74 Å². The van der Waals surface area contributed by atoms with Gasteiger partial charge in [0.1, 0.15) is 0 Å². The lowest BCUT2D eigenvalue weighted by Crippen LogP contribution is -2.03. The van der Waals surface area contributed by atoms with Crippen molar-refractivity contribution in [1.29, 1.82) is 0 Å². The van der Waals surface area contributed by atoms with E-state index in [0.29, 0.717) is 5.88 Å². The van der Waals surface area contributed by atoms with Crippen LogP contribution in [0.2, 0.25) is 0 Å². The maximum atomic E-state index is 5.03. The molecule has 1 N–H and O–H groups in total. The van der Waals surface area contributed by atoms with Crippen molar-refractivity contribution >= 4 is 5.69 Å². The first kappa shape index (κ1) is 11.8. The Morgan fingerprint density at radius 3 is 2.93 bits per heavy atom. The minimum Gasteiger partial charge on any atom is -0.481 e. The van der Waals surface area contributed by atoms with Crippen LogP contribution >= 0.6 is 0 Å². The molecule has 4 heteroatoms. The van der Waals surface area contributed by atoms with E-state index in [-0.39, 0.29) is 0 Å². The summed E-state index contributed by atoms with van der Waals surface area (Å²) in [5, 5.41) is 3.30. The minimum atomic E-state index is 0.636. The van der Waals surface area contributed by atoms with Crippen LogP contribution in [0.15, 0.2) is 18.3 Å². The van der Waals surface area contributed by atoms with Gasteiger partial charge in [0, 0.05) is 38.2 Å². The van der Waals surface area contributed by atoms with Crippen LogP contribution in [-0.4, -0.2) is 32.4 Å². The predicted octanol–water partition coefficient (Wildman–Crippen LogP) is 1.93. The Kier molecular flexibility index (Phi) is 5.55. The number of anilines is 1. The lowest BCUT2D eigenvalue weighted by atomic mass is 10.3. The first-order valence-corrected chi connectivity index (χ1v) is 5.09. The molecule has 0 unspecified atom stereocenters. The summed E-state index contributed by atoms with van der Waals surface area (Å²) in [6, 6.07) is 3.81. The number of unbranched alkanes of at least 4 members (excludes halogenated alkanes) is 1. The summed E-state index contributed by atoms with van der Waals surface area (Å²) in [6.07, 6.45) is 3.90. The molecule has 0 spiro atoms. The van der Waals surface area contributed by atoms with Gasteiger partial charge in [0.25, 0.3) is 0 Å². The molecule has 0 aliphatic rings. The molecule has 0 bridgehead atoms. The molecule has 0 saturated carbocycles. The van der Waals surface area contributed by atoms with E-state index in [2.05, 4.69) is 10.3 Å². The lowest BCUT2D eigenvalue weighted by Gasteiger charge is -2.06. The van der Waals surface area contributed by atoms with E-state index in [1.165, 1.54) is 0 Å². The first-order valence-electron chi connectivity index (χ1n) is 5.09. The van der Waals surface area contributed by atoms with Crippen molar-refractivity contribution in [2.45, 2.75) is 12.8 Å². The third-order valence-corrected chi connectivity index (χ3v) is 2.05. The van der Waals surface area contributed by atoms with Crippen molar-refractivity contribution in [2.75, 3.05) is 32.7 Å². The van der Waals surface area contributed by atoms with Crippen molar-refractivity contribution in [3.8, 4) is 5.88 Å². The van der Waals surface area contributed by atoms with Gasteiger partial charge in [-0.2, -0.15) is 0 Å². The van der Waals surface area contributed by atoms with Crippen LogP contribution in [0.25, 0.3) is 0 Å². The van der Waals surface area contributed by atoms with E-state index in [9.17, 15) is 0 Å². The SMILES string of the molecule is COCCCCNc1ccnc(OC)c1. The topological polar surface area (TPSA) is 43.4 Å². The van der Waals surface area contributed by atoms with Gasteiger partial charge in [-0.05, 0) is 18.9 Å². The molecule has 1 heterocycles.